The number of benzene rings is 1. The Kier molecular flexibility index (Phi) is 4.70. The maximum Gasteiger partial charge on any atom is 0.120 e. The topological polar surface area (TPSA) is 60.2 Å². The van der Waals surface area contributed by atoms with Gasteiger partial charge in [-0.3, -0.25) is 0 Å². The first-order valence-corrected chi connectivity index (χ1v) is 7.14. The minimum absolute atomic E-state index is 0.374. The molecule has 6 heteroatoms. The van der Waals surface area contributed by atoms with Crippen LogP contribution in [-0.2, 0) is 6.42 Å². The van der Waals surface area contributed by atoms with Crippen LogP contribution in [-0.4, -0.2) is 23.6 Å². The number of nitrogens with one attached hydrogen (secondary N) is 1. The number of nitrogens with zero attached hydrogens (tertiary/aromatic N) is 1. The van der Waals surface area contributed by atoms with E-state index in [1.165, 1.54) is 0 Å². The predicted molar refractivity (Wildman–Crippen MR) is 83.2 cm³/mol. The van der Waals surface area contributed by atoms with Gasteiger partial charge in [0.25, 0.3) is 0 Å². The third-order valence-electron chi connectivity index (χ3n) is 2.67. The van der Waals surface area contributed by atoms with Crippen LogP contribution in [0.2, 0.25) is 0 Å². The van der Waals surface area contributed by atoms with Crippen molar-refractivity contribution in [2.75, 3.05) is 19.0 Å². The maximum absolute atomic E-state index is 5.71. The summed E-state index contributed by atoms with van der Waals surface area (Å²) in [5, 5.41) is 5.37. The largest absolute Gasteiger partial charge is 0.497 e. The molecule has 0 aliphatic rings. The zero-order valence-electron chi connectivity index (χ0n) is 10.6. The van der Waals surface area contributed by atoms with Gasteiger partial charge in [0.2, 0.25) is 0 Å². The number of aromatic nitrogens is 1. The van der Waals surface area contributed by atoms with Crippen molar-refractivity contribution in [2.24, 2.45) is 5.73 Å². The Morgan fingerprint density at radius 2 is 2.37 bits per heavy atom. The second-order valence-electron chi connectivity index (χ2n) is 3.93. The Hall–Kier alpha value is -1.66. The van der Waals surface area contributed by atoms with Crippen LogP contribution in [0, 0.1) is 0 Å². The minimum atomic E-state index is 0.374. The summed E-state index contributed by atoms with van der Waals surface area (Å²) in [5.74, 6) is 0.774. The summed E-state index contributed by atoms with van der Waals surface area (Å²) in [5.41, 5.74) is 10.3. The molecule has 100 valence electrons. The molecule has 0 aliphatic carbocycles. The number of rotatable bonds is 6. The molecule has 0 atom stereocenters. The highest BCUT2D eigenvalue weighted by Gasteiger charge is 2.06. The van der Waals surface area contributed by atoms with Crippen molar-refractivity contribution in [1.29, 1.82) is 0 Å². The van der Waals surface area contributed by atoms with Gasteiger partial charge in [0.1, 0.15) is 10.7 Å². The molecule has 4 nitrogen and oxygen atoms in total. The van der Waals surface area contributed by atoms with Gasteiger partial charge in [-0.15, -0.1) is 11.3 Å². The van der Waals surface area contributed by atoms with Gasteiger partial charge in [-0.2, -0.15) is 0 Å². The van der Waals surface area contributed by atoms with Crippen LogP contribution in [0.4, 0.5) is 5.69 Å². The van der Waals surface area contributed by atoms with E-state index >= 15 is 0 Å². The number of hydrogen-bond acceptors (Lipinski definition) is 5. The number of ether oxygens (including phenoxy) is 1. The summed E-state index contributed by atoms with van der Waals surface area (Å²) in [6.07, 6.45) is 0.859. The molecule has 0 radical (unpaired) electrons. The summed E-state index contributed by atoms with van der Waals surface area (Å²) < 4.78 is 5.21. The molecule has 1 aromatic heterocycles. The van der Waals surface area contributed by atoms with E-state index in [0.29, 0.717) is 4.99 Å². The van der Waals surface area contributed by atoms with Crippen LogP contribution in [0.15, 0.2) is 29.1 Å². The number of methoxy groups -OCH3 is 1. The minimum Gasteiger partial charge on any atom is -0.497 e. The molecule has 1 heterocycles. The molecule has 19 heavy (non-hydrogen) atoms. The van der Waals surface area contributed by atoms with E-state index in [0.717, 1.165) is 35.7 Å². The highest BCUT2D eigenvalue weighted by Crippen LogP contribution is 2.22. The monoisotopic (exact) mass is 293 g/mol. The Morgan fingerprint density at radius 3 is 3.00 bits per heavy atom. The number of hydrogen-bond donors (Lipinski definition) is 2. The second-order valence-corrected chi connectivity index (χ2v) is 5.09. The molecule has 0 unspecified atom stereocenters. The quantitative estimate of drug-likeness (QED) is 0.801. The zero-order chi connectivity index (χ0) is 13.7. The second kappa shape index (κ2) is 6.49. The molecule has 1 aromatic carbocycles. The van der Waals surface area contributed by atoms with Crippen LogP contribution in [0.25, 0.3) is 0 Å². The van der Waals surface area contributed by atoms with Crippen LogP contribution in [0.3, 0.4) is 0 Å². The van der Waals surface area contributed by atoms with E-state index in [-0.39, 0.29) is 0 Å². The molecule has 2 rings (SSSR count). The first kappa shape index (κ1) is 13.8. The third-order valence-corrected chi connectivity index (χ3v) is 3.53. The van der Waals surface area contributed by atoms with Gasteiger partial charge in [-0.25, -0.2) is 4.98 Å². The average molecular weight is 293 g/mol. The molecule has 0 spiro atoms. The van der Waals surface area contributed by atoms with E-state index in [2.05, 4.69) is 10.3 Å². The molecule has 0 amide bonds. The fourth-order valence-electron chi connectivity index (χ4n) is 1.70. The first-order valence-electron chi connectivity index (χ1n) is 5.79. The summed E-state index contributed by atoms with van der Waals surface area (Å²) >= 11 is 6.65. The Balaban J connectivity index is 2.06. The number of thiazole rings is 1. The molecule has 2 aromatic rings. The van der Waals surface area contributed by atoms with Crippen molar-refractivity contribution in [3.05, 3.63) is 40.3 Å². The van der Waals surface area contributed by atoms with Gasteiger partial charge in [-0.05, 0) is 12.1 Å². The SMILES string of the molecule is COc1ccc(C(N)=S)c(NCCc2cscn2)c1. The maximum atomic E-state index is 5.71. The molecule has 3 N–H and O–H groups in total. The van der Waals surface area contributed by atoms with Crippen molar-refractivity contribution < 1.29 is 4.74 Å². The van der Waals surface area contributed by atoms with Gasteiger partial charge in [0, 0.05) is 35.7 Å². The fourth-order valence-corrected chi connectivity index (χ4v) is 2.47. The van der Waals surface area contributed by atoms with E-state index < -0.39 is 0 Å². The highest BCUT2D eigenvalue weighted by molar-refractivity contribution is 7.80. The van der Waals surface area contributed by atoms with Gasteiger partial charge in [0.05, 0.1) is 18.3 Å². The zero-order valence-corrected chi connectivity index (χ0v) is 12.2. The molecule has 0 aliphatic heterocycles. The van der Waals surface area contributed by atoms with Crippen molar-refractivity contribution >= 4 is 34.2 Å². The van der Waals surface area contributed by atoms with Gasteiger partial charge in [-0.1, -0.05) is 12.2 Å². The molecule has 0 saturated heterocycles. The fraction of sp³-hybridized carbons (Fsp3) is 0.231. The van der Waals surface area contributed by atoms with Crippen LogP contribution in [0.5, 0.6) is 5.75 Å². The van der Waals surface area contributed by atoms with Crippen molar-refractivity contribution in [3.8, 4) is 5.75 Å². The summed E-state index contributed by atoms with van der Waals surface area (Å²) in [4.78, 5) is 4.62. The van der Waals surface area contributed by atoms with Gasteiger partial charge >= 0.3 is 0 Å². The molecular weight excluding hydrogens is 278 g/mol. The number of thiocarbonyl (C=S) groups is 1. The van der Waals surface area contributed by atoms with E-state index in [9.17, 15) is 0 Å². The Labute approximate surface area is 121 Å². The van der Waals surface area contributed by atoms with Gasteiger partial charge in [0.15, 0.2) is 0 Å². The van der Waals surface area contributed by atoms with Crippen LogP contribution < -0.4 is 15.8 Å². The van der Waals surface area contributed by atoms with Gasteiger partial charge < -0.3 is 15.8 Å². The van der Waals surface area contributed by atoms with E-state index in [1.807, 2.05) is 29.1 Å². The lowest BCUT2D eigenvalue weighted by Gasteiger charge is -2.12. The highest BCUT2D eigenvalue weighted by atomic mass is 32.1. The summed E-state index contributed by atoms with van der Waals surface area (Å²) in [7, 11) is 1.63. The van der Waals surface area contributed by atoms with Crippen molar-refractivity contribution in [1.82, 2.24) is 4.98 Å². The van der Waals surface area contributed by atoms with Crippen molar-refractivity contribution in [2.45, 2.75) is 6.42 Å². The molecular formula is C13H15N3OS2. The van der Waals surface area contributed by atoms with Crippen LogP contribution >= 0.6 is 23.6 Å². The lowest BCUT2D eigenvalue weighted by Crippen LogP contribution is -2.14. The standard InChI is InChI=1S/C13H15N3OS2/c1-17-10-2-3-11(13(14)18)12(6-10)15-5-4-9-7-19-8-16-9/h2-3,6-8,15H,4-5H2,1H3,(H2,14,18). The lowest BCUT2D eigenvalue weighted by atomic mass is 10.1. The molecule has 0 bridgehead atoms. The van der Waals surface area contributed by atoms with E-state index in [4.69, 9.17) is 22.7 Å². The lowest BCUT2D eigenvalue weighted by molar-refractivity contribution is 0.415. The Bertz CT molecular complexity index is 555. The Morgan fingerprint density at radius 1 is 1.53 bits per heavy atom. The normalized spacial score (nSPS) is 10.2. The third kappa shape index (κ3) is 3.65. The number of anilines is 1. The smallest absolute Gasteiger partial charge is 0.120 e. The van der Waals surface area contributed by atoms with Crippen LogP contribution in [0.1, 0.15) is 11.3 Å². The summed E-state index contributed by atoms with van der Waals surface area (Å²) in [6.45, 7) is 0.770. The summed E-state index contributed by atoms with van der Waals surface area (Å²) in [6, 6.07) is 5.61. The predicted octanol–water partition coefficient (Wildman–Crippen LogP) is 2.44. The van der Waals surface area contributed by atoms with Crippen molar-refractivity contribution in [3.63, 3.8) is 0 Å². The molecule has 0 saturated carbocycles. The number of nitrogens with two attached hydrogens (primary N) is 1. The molecule has 0 fully saturated rings. The average Bonchev–Trinajstić information content (AvgIpc) is 2.91. The first-order chi connectivity index (χ1) is 9.20. The van der Waals surface area contributed by atoms with E-state index in [1.54, 1.807) is 18.4 Å².